The maximum Gasteiger partial charge on any atom is 0.165 e. The number of aryl methyl sites for hydroxylation is 2. The van der Waals surface area contributed by atoms with Gasteiger partial charge < -0.3 is 5.32 Å². The lowest BCUT2D eigenvalue weighted by Crippen LogP contribution is -2.41. The van der Waals surface area contributed by atoms with Crippen molar-refractivity contribution in [3.8, 4) is 0 Å². The molecular formula is C16H19BrN4. The molecule has 0 bridgehead atoms. The number of nitrogens with zero attached hydrogens (tertiary/aromatic N) is 1. The van der Waals surface area contributed by atoms with Crippen LogP contribution < -0.4 is 16.5 Å². The van der Waals surface area contributed by atoms with Crippen LogP contribution in [0.1, 0.15) is 16.7 Å². The Morgan fingerprint density at radius 2 is 1.71 bits per heavy atom. The van der Waals surface area contributed by atoms with Gasteiger partial charge in [-0.05, 0) is 42.7 Å². The van der Waals surface area contributed by atoms with Crippen LogP contribution in [-0.2, 0) is 0 Å². The first-order valence-electron chi connectivity index (χ1n) is 6.69. The Kier molecular flexibility index (Phi) is 5.36. The van der Waals surface area contributed by atoms with Gasteiger partial charge in [-0.2, -0.15) is 5.10 Å². The van der Waals surface area contributed by atoms with Gasteiger partial charge in [0.15, 0.2) is 6.29 Å². The van der Waals surface area contributed by atoms with E-state index >= 15 is 0 Å². The topological polar surface area (TPSA) is 62.4 Å². The number of rotatable bonds is 5. The highest BCUT2D eigenvalue weighted by molar-refractivity contribution is 9.10. The number of nitrogens with one attached hydrogen (secondary N) is 2. The number of anilines is 1. The van der Waals surface area contributed by atoms with Gasteiger partial charge in [0, 0.05) is 10.2 Å². The molecule has 5 heteroatoms. The lowest BCUT2D eigenvalue weighted by Gasteiger charge is -2.18. The van der Waals surface area contributed by atoms with E-state index in [-0.39, 0.29) is 0 Å². The van der Waals surface area contributed by atoms with Crippen molar-refractivity contribution in [1.82, 2.24) is 5.43 Å². The quantitative estimate of drug-likeness (QED) is 0.442. The number of para-hydroxylation sites is 1. The second-order valence-corrected chi connectivity index (χ2v) is 5.74. The number of hydrogen-bond acceptors (Lipinski definition) is 4. The highest BCUT2D eigenvalue weighted by atomic mass is 79.9. The second-order valence-electron chi connectivity index (χ2n) is 4.83. The van der Waals surface area contributed by atoms with Crippen molar-refractivity contribution in [2.24, 2.45) is 10.8 Å². The van der Waals surface area contributed by atoms with Crippen LogP contribution in [0.5, 0.6) is 0 Å². The Labute approximate surface area is 133 Å². The van der Waals surface area contributed by atoms with Crippen molar-refractivity contribution in [1.29, 1.82) is 0 Å². The summed E-state index contributed by atoms with van der Waals surface area (Å²) in [5, 5.41) is 7.37. The van der Waals surface area contributed by atoms with Gasteiger partial charge in [-0.1, -0.05) is 46.3 Å². The standard InChI is InChI=1S/C16H19BrN4/c1-11-4-3-5-12(2)15(11)20-16(18)21-19-10-13-6-8-14(17)9-7-13/h3-10,16,20-21H,18H2,1-2H3/b19-10+. The van der Waals surface area contributed by atoms with Crippen LogP contribution in [0.15, 0.2) is 52.0 Å². The molecular weight excluding hydrogens is 328 g/mol. The zero-order valence-electron chi connectivity index (χ0n) is 12.1. The maximum absolute atomic E-state index is 5.99. The minimum atomic E-state index is -0.448. The summed E-state index contributed by atoms with van der Waals surface area (Å²) in [6, 6.07) is 14.0. The average Bonchev–Trinajstić information content (AvgIpc) is 2.45. The Morgan fingerprint density at radius 3 is 2.33 bits per heavy atom. The summed E-state index contributed by atoms with van der Waals surface area (Å²) in [4.78, 5) is 0. The van der Waals surface area contributed by atoms with E-state index in [0.29, 0.717) is 0 Å². The van der Waals surface area contributed by atoms with Gasteiger partial charge in [0.2, 0.25) is 0 Å². The van der Waals surface area contributed by atoms with Crippen molar-refractivity contribution < 1.29 is 0 Å². The molecule has 0 spiro atoms. The van der Waals surface area contributed by atoms with E-state index < -0.39 is 6.29 Å². The van der Waals surface area contributed by atoms with Gasteiger partial charge in [-0.3, -0.25) is 11.2 Å². The van der Waals surface area contributed by atoms with Crippen LogP contribution in [0.2, 0.25) is 0 Å². The van der Waals surface area contributed by atoms with Gasteiger partial charge in [0.25, 0.3) is 0 Å². The molecule has 1 unspecified atom stereocenters. The van der Waals surface area contributed by atoms with Crippen molar-refractivity contribution in [2.75, 3.05) is 5.32 Å². The molecule has 0 aromatic heterocycles. The molecule has 0 fully saturated rings. The van der Waals surface area contributed by atoms with Crippen molar-refractivity contribution in [3.63, 3.8) is 0 Å². The minimum absolute atomic E-state index is 0.448. The third-order valence-corrected chi connectivity index (χ3v) is 3.61. The molecule has 110 valence electrons. The molecule has 0 radical (unpaired) electrons. The molecule has 0 saturated heterocycles. The summed E-state index contributed by atoms with van der Waals surface area (Å²) in [5.41, 5.74) is 13.2. The first kappa shape index (κ1) is 15.5. The first-order valence-corrected chi connectivity index (χ1v) is 7.48. The van der Waals surface area contributed by atoms with E-state index in [1.54, 1.807) is 6.21 Å². The van der Waals surface area contributed by atoms with Crippen LogP contribution in [-0.4, -0.2) is 12.5 Å². The van der Waals surface area contributed by atoms with Gasteiger partial charge in [0.05, 0.1) is 6.21 Å². The van der Waals surface area contributed by atoms with E-state index in [4.69, 9.17) is 5.73 Å². The fourth-order valence-corrected chi connectivity index (χ4v) is 2.24. The molecule has 21 heavy (non-hydrogen) atoms. The number of halogens is 1. The molecule has 0 aliphatic carbocycles. The van der Waals surface area contributed by atoms with E-state index in [1.807, 2.05) is 56.3 Å². The number of hydrazone groups is 1. The molecule has 0 amide bonds. The fourth-order valence-electron chi connectivity index (χ4n) is 1.97. The average molecular weight is 347 g/mol. The van der Waals surface area contributed by atoms with Gasteiger partial charge in [0.1, 0.15) is 0 Å². The van der Waals surface area contributed by atoms with E-state index in [1.165, 1.54) is 0 Å². The van der Waals surface area contributed by atoms with Crippen LogP contribution in [0.4, 0.5) is 5.69 Å². The maximum atomic E-state index is 5.99. The lowest BCUT2D eigenvalue weighted by atomic mass is 10.1. The second kappa shape index (κ2) is 7.24. The van der Waals surface area contributed by atoms with Crippen molar-refractivity contribution in [2.45, 2.75) is 20.1 Å². The predicted octanol–water partition coefficient (Wildman–Crippen LogP) is 3.34. The van der Waals surface area contributed by atoms with E-state index in [9.17, 15) is 0 Å². The molecule has 0 saturated carbocycles. The van der Waals surface area contributed by atoms with E-state index in [0.717, 1.165) is 26.9 Å². The fraction of sp³-hybridized carbons (Fsp3) is 0.188. The van der Waals surface area contributed by atoms with Gasteiger partial charge in [-0.15, -0.1) is 0 Å². The largest absolute Gasteiger partial charge is 0.352 e. The summed E-state index contributed by atoms with van der Waals surface area (Å²) >= 11 is 3.40. The van der Waals surface area contributed by atoms with E-state index in [2.05, 4.69) is 31.8 Å². The number of benzene rings is 2. The summed E-state index contributed by atoms with van der Waals surface area (Å²) in [6.07, 6.45) is 1.29. The highest BCUT2D eigenvalue weighted by Crippen LogP contribution is 2.19. The Hall–Kier alpha value is -1.85. The minimum Gasteiger partial charge on any atom is -0.352 e. The molecule has 2 rings (SSSR count). The Bertz CT molecular complexity index is 602. The number of hydrogen-bond donors (Lipinski definition) is 3. The SMILES string of the molecule is Cc1cccc(C)c1NC(N)N/N=C/c1ccc(Br)cc1. The van der Waals surface area contributed by atoms with Crippen LogP contribution in [0, 0.1) is 13.8 Å². The van der Waals surface area contributed by atoms with Gasteiger partial charge >= 0.3 is 0 Å². The van der Waals surface area contributed by atoms with Crippen LogP contribution >= 0.6 is 15.9 Å². The van der Waals surface area contributed by atoms with Crippen molar-refractivity contribution in [3.05, 3.63) is 63.6 Å². The first-order chi connectivity index (χ1) is 10.1. The predicted molar refractivity (Wildman–Crippen MR) is 92.4 cm³/mol. The summed E-state index contributed by atoms with van der Waals surface area (Å²) in [5.74, 6) is 0. The molecule has 4 N–H and O–H groups in total. The molecule has 2 aromatic carbocycles. The summed E-state index contributed by atoms with van der Waals surface area (Å²) < 4.78 is 1.04. The smallest absolute Gasteiger partial charge is 0.165 e. The van der Waals surface area contributed by atoms with Gasteiger partial charge in [-0.25, -0.2) is 0 Å². The molecule has 0 heterocycles. The lowest BCUT2D eigenvalue weighted by molar-refractivity contribution is 0.609. The van der Waals surface area contributed by atoms with Crippen LogP contribution in [0.25, 0.3) is 0 Å². The molecule has 4 nitrogen and oxygen atoms in total. The Morgan fingerprint density at radius 1 is 1.10 bits per heavy atom. The normalized spacial score (nSPS) is 12.4. The zero-order chi connectivity index (χ0) is 15.2. The van der Waals surface area contributed by atoms with Crippen molar-refractivity contribution >= 4 is 27.8 Å². The summed E-state index contributed by atoms with van der Waals surface area (Å²) in [7, 11) is 0. The molecule has 0 aliphatic heterocycles. The monoisotopic (exact) mass is 346 g/mol. The molecule has 2 aromatic rings. The zero-order valence-corrected chi connectivity index (χ0v) is 13.7. The number of nitrogens with two attached hydrogens (primary N) is 1. The Balaban J connectivity index is 1.93. The highest BCUT2D eigenvalue weighted by Gasteiger charge is 2.05. The third-order valence-electron chi connectivity index (χ3n) is 3.08. The molecule has 1 atom stereocenters. The summed E-state index contributed by atoms with van der Waals surface area (Å²) in [6.45, 7) is 4.10. The molecule has 0 aliphatic rings. The third kappa shape index (κ3) is 4.58. The van der Waals surface area contributed by atoms with Crippen LogP contribution in [0.3, 0.4) is 0 Å².